The van der Waals surface area contributed by atoms with Gasteiger partial charge in [-0.25, -0.2) is 4.39 Å². The van der Waals surface area contributed by atoms with E-state index in [-0.39, 0.29) is 5.82 Å². The summed E-state index contributed by atoms with van der Waals surface area (Å²) in [5.41, 5.74) is 1.16. The van der Waals surface area contributed by atoms with Crippen molar-refractivity contribution in [1.82, 2.24) is 5.32 Å². The predicted octanol–water partition coefficient (Wildman–Crippen LogP) is 4.37. The summed E-state index contributed by atoms with van der Waals surface area (Å²) in [5, 5.41) is 5.56. The molecule has 1 unspecified atom stereocenters. The van der Waals surface area contributed by atoms with Crippen molar-refractivity contribution in [3.05, 3.63) is 56.4 Å². The Morgan fingerprint density at radius 2 is 2.06 bits per heavy atom. The van der Waals surface area contributed by atoms with Crippen LogP contribution in [0.3, 0.4) is 0 Å². The Bertz CT molecular complexity index is 495. The smallest absolute Gasteiger partial charge is 0.123 e. The van der Waals surface area contributed by atoms with E-state index in [1.54, 1.807) is 11.3 Å². The van der Waals surface area contributed by atoms with E-state index in [1.807, 2.05) is 12.1 Å². The highest BCUT2D eigenvalue weighted by Crippen LogP contribution is 2.19. The molecule has 0 radical (unpaired) electrons. The van der Waals surface area contributed by atoms with Crippen LogP contribution in [0.25, 0.3) is 0 Å². The van der Waals surface area contributed by atoms with Crippen LogP contribution in [-0.4, -0.2) is 6.04 Å². The van der Waals surface area contributed by atoms with E-state index >= 15 is 0 Å². The number of hydrogen-bond acceptors (Lipinski definition) is 2. The van der Waals surface area contributed by atoms with Crippen LogP contribution in [0.1, 0.15) is 17.4 Å². The minimum atomic E-state index is -0.178. The van der Waals surface area contributed by atoms with Crippen LogP contribution in [0, 0.1) is 5.82 Å². The minimum Gasteiger partial charge on any atom is -0.309 e. The molecule has 0 saturated carbocycles. The minimum absolute atomic E-state index is 0.178. The van der Waals surface area contributed by atoms with E-state index in [4.69, 9.17) is 0 Å². The molecule has 4 heteroatoms. The van der Waals surface area contributed by atoms with Gasteiger partial charge in [-0.1, -0.05) is 12.1 Å². The van der Waals surface area contributed by atoms with Gasteiger partial charge in [0.05, 0.1) is 0 Å². The summed E-state index contributed by atoms with van der Waals surface area (Å²) in [4.78, 5) is 1.31. The van der Waals surface area contributed by atoms with Crippen molar-refractivity contribution in [3.8, 4) is 0 Å². The molecule has 0 aliphatic carbocycles. The monoisotopic (exact) mass is 327 g/mol. The van der Waals surface area contributed by atoms with Gasteiger partial charge in [-0.05, 0) is 53.0 Å². The van der Waals surface area contributed by atoms with E-state index < -0.39 is 0 Å². The molecule has 1 atom stereocenters. The van der Waals surface area contributed by atoms with E-state index in [1.165, 1.54) is 17.0 Å². The summed E-state index contributed by atoms with van der Waals surface area (Å²) in [6.07, 6.45) is 0.910. The molecule has 1 N–H and O–H groups in total. The SMILES string of the molecule is CC(Cc1ccc(F)cc1)NCc1cc(Br)cs1. The van der Waals surface area contributed by atoms with Gasteiger partial charge in [-0.2, -0.15) is 0 Å². The average molecular weight is 328 g/mol. The standard InChI is InChI=1S/C14H15BrFNS/c1-10(6-11-2-4-13(16)5-3-11)17-8-14-7-12(15)9-18-14/h2-5,7,9-10,17H,6,8H2,1H3. The predicted molar refractivity (Wildman–Crippen MR) is 78.4 cm³/mol. The topological polar surface area (TPSA) is 12.0 Å². The second-order valence-corrected chi connectivity index (χ2v) is 6.26. The summed E-state index contributed by atoms with van der Waals surface area (Å²) in [7, 11) is 0. The molecule has 2 rings (SSSR count). The molecule has 0 saturated heterocycles. The first-order chi connectivity index (χ1) is 8.63. The fourth-order valence-corrected chi connectivity index (χ4v) is 3.17. The van der Waals surface area contributed by atoms with Crippen LogP contribution >= 0.6 is 27.3 Å². The largest absolute Gasteiger partial charge is 0.309 e. The summed E-state index contributed by atoms with van der Waals surface area (Å²) in [5.74, 6) is -0.178. The highest BCUT2D eigenvalue weighted by atomic mass is 79.9. The van der Waals surface area contributed by atoms with Gasteiger partial charge < -0.3 is 5.32 Å². The van der Waals surface area contributed by atoms with Gasteiger partial charge in [0.1, 0.15) is 5.82 Å². The summed E-state index contributed by atoms with van der Waals surface area (Å²) >= 11 is 5.19. The highest BCUT2D eigenvalue weighted by Gasteiger charge is 2.04. The van der Waals surface area contributed by atoms with Crippen LogP contribution < -0.4 is 5.32 Å². The molecule has 1 aromatic carbocycles. The first kappa shape index (κ1) is 13.7. The quantitative estimate of drug-likeness (QED) is 0.859. The second-order valence-electron chi connectivity index (χ2n) is 4.34. The van der Waals surface area contributed by atoms with Gasteiger partial charge in [-0.15, -0.1) is 11.3 Å². The number of nitrogens with one attached hydrogen (secondary N) is 1. The molecule has 18 heavy (non-hydrogen) atoms. The molecular formula is C14H15BrFNS. The lowest BCUT2D eigenvalue weighted by Crippen LogP contribution is -2.27. The molecule has 0 aliphatic rings. The van der Waals surface area contributed by atoms with Crippen molar-refractivity contribution in [3.63, 3.8) is 0 Å². The zero-order valence-electron chi connectivity index (χ0n) is 10.1. The van der Waals surface area contributed by atoms with E-state index in [9.17, 15) is 4.39 Å². The first-order valence-electron chi connectivity index (χ1n) is 5.84. The van der Waals surface area contributed by atoms with Crippen LogP contribution in [-0.2, 0) is 13.0 Å². The Labute approximate surface area is 119 Å². The molecule has 0 fully saturated rings. The molecule has 1 aromatic heterocycles. The normalized spacial score (nSPS) is 12.6. The van der Waals surface area contributed by atoms with Gasteiger partial charge in [0.25, 0.3) is 0 Å². The number of rotatable bonds is 5. The number of hydrogen-bond donors (Lipinski definition) is 1. The van der Waals surface area contributed by atoms with Crippen LogP contribution in [0.4, 0.5) is 4.39 Å². The third kappa shape index (κ3) is 4.19. The molecule has 96 valence electrons. The number of benzene rings is 1. The van der Waals surface area contributed by atoms with Crippen molar-refractivity contribution in [2.24, 2.45) is 0 Å². The van der Waals surface area contributed by atoms with Gasteiger partial charge >= 0.3 is 0 Å². The maximum atomic E-state index is 12.8. The molecule has 0 aliphatic heterocycles. The van der Waals surface area contributed by atoms with E-state index in [0.717, 1.165) is 23.0 Å². The Morgan fingerprint density at radius 1 is 1.33 bits per heavy atom. The summed E-state index contributed by atoms with van der Waals surface area (Å²) < 4.78 is 13.9. The lowest BCUT2D eigenvalue weighted by molar-refractivity contribution is 0.548. The summed E-state index contributed by atoms with van der Waals surface area (Å²) in [6, 6.07) is 9.21. The molecule has 1 nitrogen and oxygen atoms in total. The zero-order chi connectivity index (χ0) is 13.0. The Morgan fingerprint density at radius 3 is 2.67 bits per heavy atom. The molecular weight excluding hydrogens is 313 g/mol. The summed E-state index contributed by atoms with van der Waals surface area (Å²) in [6.45, 7) is 3.02. The lowest BCUT2D eigenvalue weighted by atomic mass is 10.1. The molecule has 2 aromatic rings. The van der Waals surface area contributed by atoms with Gasteiger partial charge in [0.15, 0.2) is 0 Å². The first-order valence-corrected chi connectivity index (χ1v) is 7.51. The number of halogens is 2. The van der Waals surface area contributed by atoms with Crippen LogP contribution in [0.2, 0.25) is 0 Å². The Balaban J connectivity index is 1.81. The molecule has 1 heterocycles. The van der Waals surface area contributed by atoms with Crippen molar-refractivity contribution in [1.29, 1.82) is 0 Å². The fraction of sp³-hybridized carbons (Fsp3) is 0.286. The van der Waals surface area contributed by atoms with Gasteiger partial charge in [0.2, 0.25) is 0 Å². The average Bonchev–Trinajstić information content (AvgIpc) is 2.76. The maximum Gasteiger partial charge on any atom is 0.123 e. The number of thiophene rings is 1. The van der Waals surface area contributed by atoms with E-state index in [2.05, 4.69) is 39.6 Å². The van der Waals surface area contributed by atoms with Crippen molar-refractivity contribution in [2.75, 3.05) is 0 Å². The molecule has 0 bridgehead atoms. The molecule has 0 amide bonds. The zero-order valence-corrected chi connectivity index (χ0v) is 12.5. The van der Waals surface area contributed by atoms with Crippen molar-refractivity contribution < 1.29 is 4.39 Å². The van der Waals surface area contributed by atoms with Crippen molar-refractivity contribution in [2.45, 2.75) is 25.9 Å². The fourth-order valence-electron chi connectivity index (χ4n) is 1.77. The van der Waals surface area contributed by atoms with E-state index in [0.29, 0.717) is 6.04 Å². The molecule has 0 spiro atoms. The van der Waals surface area contributed by atoms with Crippen LogP contribution in [0.15, 0.2) is 40.2 Å². The lowest BCUT2D eigenvalue weighted by Gasteiger charge is -2.13. The highest BCUT2D eigenvalue weighted by molar-refractivity contribution is 9.10. The third-order valence-electron chi connectivity index (χ3n) is 2.70. The van der Waals surface area contributed by atoms with Crippen LogP contribution in [0.5, 0.6) is 0 Å². The Kier molecular flexibility index (Phi) is 4.92. The maximum absolute atomic E-state index is 12.8. The van der Waals surface area contributed by atoms with Crippen molar-refractivity contribution >= 4 is 27.3 Å². The second kappa shape index (κ2) is 6.45. The third-order valence-corrected chi connectivity index (χ3v) is 4.40. The van der Waals surface area contributed by atoms with Gasteiger partial charge in [0, 0.05) is 27.3 Å². The van der Waals surface area contributed by atoms with Gasteiger partial charge in [-0.3, -0.25) is 0 Å². The Hall–Kier alpha value is -0.710.